The van der Waals surface area contributed by atoms with Crippen molar-refractivity contribution in [2.24, 2.45) is 0 Å². The number of rotatable bonds is 9. The van der Waals surface area contributed by atoms with Crippen LogP contribution in [0.5, 0.6) is 5.75 Å². The molecule has 0 bridgehead atoms. The highest BCUT2D eigenvalue weighted by molar-refractivity contribution is 8.00. The summed E-state index contributed by atoms with van der Waals surface area (Å²) in [4.78, 5) is 38.5. The van der Waals surface area contributed by atoms with Gasteiger partial charge in [-0.3, -0.25) is 14.4 Å². The Hall–Kier alpha value is -4.36. The van der Waals surface area contributed by atoms with Gasteiger partial charge >= 0.3 is 0 Å². The van der Waals surface area contributed by atoms with Gasteiger partial charge in [-0.1, -0.05) is 42.5 Å². The Labute approximate surface area is 220 Å². The van der Waals surface area contributed by atoms with E-state index in [2.05, 4.69) is 10.6 Å². The summed E-state index contributed by atoms with van der Waals surface area (Å²) in [6.45, 7) is 1.50. The van der Waals surface area contributed by atoms with Crippen LogP contribution >= 0.6 is 11.8 Å². The molecule has 0 radical (unpaired) electrons. The van der Waals surface area contributed by atoms with E-state index in [0.29, 0.717) is 28.3 Å². The van der Waals surface area contributed by atoms with Gasteiger partial charge in [0.25, 0.3) is 5.91 Å². The SMILES string of the molecule is COc1cccc(C(=O)Nc2cccc(SC(C(=O)Nc3ccc(C(C)=O)cc3)c3ccccc3)c2)c1. The molecule has 186 valence electrons. The van der Waals surface area contributed by atoms with Crippen molar-refractivity contribution in [1.29, 1.82) is 0 Å². The van der Waals surface area contributed by atoms with Gasteiger partial charge in [-0.05, 0) is 73.2 Å². The van der Waals surface area contributed by atoms with Crippen molar-refractivity contribution in [3.8, 4) is 5.75 Å². The molecule has 37 heavy (non-hydrogen) atoms. The Morgan fingerprint density at radius 1 is 0.730 bits per heavy atom. The van der Waals surface area contributed by atoms with Gasteiger partial charge in [-0.2, -0.15) is 0 Å². The second kappa shape index (κ2) is 12.1. The number of hydrogen-bond acceptors (Lipinski definition) is 5. The average molecular weight is 511 g/mol. The molecule has 6 nitrogen and oxygen atoms in total. The molecular weight excluding hydrogens is 484 g/mol. The van der Waals surface area contributed by atoms with Gasteiger partial charge in [0.15, 0.2) is 5.78 Å². The van der Waals surface area contributed by atoms with Crippen molar-refractivity contribution >= 4 is 40.7 Å². The van der Waals surface area contributed by atoms with Gasteiger partial charge in [0.1, 0.15) is 11.0 Å². The van der Waals surface area contributed by atoms with E-state index >= 15 is 0 Å². The average Bonchev–Trinajstić information content (AvgIpc) is 2.92. The van der Waals surface area contributed by atoms with Gasteiger partial charge < -0.3 is 15.4 Å². The summed E-state index contributed by atoms with van der Waals surface area (Å²) < 4.78 is 5.21. The molecule has 1 atom stereocenters. The number of Topliss-reactive ketones (excluding diaryl/α,β-unsaturated/α-hetero) is 1. The predicted molar refractivity (Wildman–Crippen MR) is 148 cm³/mol. The molecule has 4 aromatic rings. The summed E-state index contributed by atoms with van der Waals surface area (Å²) in [5.41, 5.74) is 3.13. The topological polar surface area (TPSA) is 84.5 Å². The normalized spacial score (nSPS) is 11.3. The second-order valence-corrected chi connectivity index (χ2v) is 9.42. The molecule has 0 saturated heterocycles. The van der Waals surface area contributed by atoms with E-state index in [4.69, 9.17) is 4.74 Å². The number of methoxy groups -OCH3 is 1. The van der Waals surface area contributed by atoms with Crippen LogP contribution in [-0.4, -0.2) is 24.7 Å². The minimum absolute atomic E-state index is 0.0334. The van der Waals surface area contributed by atoms with E-state index in [1.807, 2.05) is 48.5 Å². The maximum absolute atomic E-state index is 13.4. The van der Waals surface area contributed by atoms with Crippen molar-refractivity contribution in [3.63, 3.8) is 0 Å². The highest BCUT2D eigenvalue weighted by atomic mass is 32.2. The number of amides is 2. The quantitative estimate of drug-likeness (QED) is 0.195. The van der Waals surface area contributed by atoms with Crippen LogP contribution in [-0.2, 0) is 4.79 Å². The first-order valence-corrected chi connectivity index (χ1v) is 12.5. The fourth-order valence-corrected chi connectivity index (χ4v) is 4.73. The molecule has 0 aliphatic carbocycles. The Morgan fingerprint density at radius 2 is 1.46 bits per heavy atom. The maximum atomic E-state index is 13.4. The molecule has 0 aliphatic rings. The Morgan fingerprint density at radius 3 is 2.16 bits per heavy atom. The summed E-state index contributed by atoms with van der Waals surface area (Å²) in [7, 11) is 1.55. The summed E-state index contributed by atoms with van der Waals surface area (Å²) in [6.07, 6.45) is 0. The van der Waals surface area contributed by atoms with Crippen molar-refractivity contribution in [1.82, 2.24) is 0 Å². The fourth-order valence-electron chi connectivity index (χ4n) is 3.65. The number of nitrogens with one attached hydrogen (secondary N) is 2. The van der Waals surface area contributed by atoms with Crippen LogP contribution < -0.4 is 15.4 Å². The molecule has 0 heterocycles. The zero-order valence-corrected chi connectivity index (χ0v) is 21.3. The third-order valence-electron chi connectivity index (χ3n) is 5.58. The van der Waals surface area contributed by atoms with Crippen LogP contribution in [0.1, 0.15) is 38.5 Å². The molecule has 0 saturated carbocycles. The number of carbonyl (C=O) groups excluding carboxylic acids is 3. The number of ketones is 1. The summed E-state index contributed by atoms with van der Waals surface area (Å²) in [5, 5.41) is 5.32. The fraction of sp³-hybridized carbons (Fsp3) is 0.100. The molecule has 4 rings (SSSR count). The lowest BCUT2D eigenvalue weighted by Crippen LogP contribution is -2.19. The standard InChI is InChI=1S/C30H26N2O4S/c1-20(33)21-14-16-24(17-15-21)31-30(35)28(22-8-4-3-5-9-22)37-27-13-7-11-25(19-27)32-29(34)23-10-6-12-26(18-23)36-2/h3-19,28H,1-2H3,(H,31,35)(H,32,34). The number of thioether (sulfide) groups is 1. The summed E-state index contributed by atoms with van der Waals surface area (Å²) >= 11 is 1.38. The van der Waals surface area contributed by atoms with E-state index in [9.17, 15) is 14.4 Å². The third-order valence-corrected chi connectivity index (χ3v) is 6.83. The van der Waals surface area contributed by atoms with Crippen molar-refractivity contribution in [2.45, 2.75) is 17.1 Å². The molecule has 0 aliphatic heterocycles. The molecule has 0 fully saturated rings. The maximum Gasteiger partial charge on any atom is 0.255 e. The Bertz CT molecular complexity index is 1400. The molecule has 7 heteroatoms. The van der Waals surface area contributed by atoms with E-state index in [1.165, 1.54) is 18.7 Å². The number of hydrogen-bond donors (Lipinski definition) is 2. The van der Waals surface area contributed by atoms with Crippen LogP contribution in [0.4, 0.5) is 11.4 Å². The first kappa shape index (κ1) is 25.7. The first-order valence-electron chi connectivity index (χ1n) is 11.6. The zero-order valence-electron chi connectivity index (χ0n) is 20.4. The number of anilines is 2. The summed E-state index contributed by atoms with van der Waals surface area (Å²) in [6, 6.07) is 30.6. The molecular formula is C30H26N2O4S. The lowest BCUT2D eigenvalue weighted by atomic mass is 10.1. The van der Waals surface area contributed by atoms with Crippen LogP contribution in [0.15, 0.2) is 108 Å². The van der Waals surface area contributed by atoms with E-state index in [-0.39, 0.29) is 17.6 Å². The minimum Gasteiger partial charge on any atom is -0.497 e. The number of ether oxygens (including phenoxy) is 1. The van der Waals surface area contributed by atoms with Crippen molar-refractivity contribution in [2.75, 3.05) is 17.7 Å². The Balaban J connectivity index is 1.52. The van der Waals surface area contributed by atoms with Gasteiger partial charge in [-0.25, -0.2) is 0 Å². The predicted octanol–water partition coefficient (Wildman–Crippen LogP) is 6.62. The van der Waals surface area contributed by atoms with Crippen molar-refractivity contribution in [3.05, 3.63) is 120 Å². The third kappa shape index (κ3) is 6.86. The van der Waals surface area contributed by atoms with E-state index < -0.39 is 5.25 Å². The van der Waals surface area contributed by atoms with Gasteiger partial charge in [-0.15, -0.1) is 11.8 Å². The lowest BCUT2D eigenvalue weighted by Gasteiger charge is -2.18. The van der Waals surface area contributed by atoms with E-state index in [0.717, 1.165) is 10.5 Å². The molecule has 2 N–H and O–H groups in total. The molecule has 0 spiro atoms. The van der Waals surface area contributed by atoms with Crippen LogP contribution in [0, 0.1) is 0 Å². The van der Waals surface area contributed by atoms with Gasteiger partial charge in [0.2, 0.25) is 5.91 Å². The molecule has 4 aromatic carbocycles. The molecule has 2 amide bonds. The summed E-state index contributed by atoms with van der Waals surface area (Å²) in [5.74, 6) is 0.114. The molecule has 1 unspecified atom stereocenters. The highest BCUT2D eigenvalue weighted by Gasteiger charge is 2.22. The number of benzene rings is 4. The smallest absolute Gasteiger partial charge is 0.255 e. The lowest BCUT2D eigenvalue weighted by molar-refractivity contribution is -0.115. The zero-order chi connectivity index (χ0) is 26.2. The van der Waals surface area contributed by atoms with Gasteiger partial charge in [0.05, 0.1) is 7.11 Å². The van der Waals surface area contributed by atoms with Crippen LogP contribution in [0.2, 0.25) is 0 Å². The van der Waals surface area contributed by atoms with Crippen LogP contribution in [0.3, 0.4) is 0 Å². The number of carbonyl (C=O) groups is 3. The first-order chi connectivity index (χ1) is 17.9. The Kier molecular flexibility index (Phi) is 8.38. The highest BCUT2D eigenvalue weighted by Crippen LogP contribution is 2.37. The van der Waals surface area contributed by atoms with Crippen LogP contribution in [0.25, 0.3) is 0 Å². The monoisotopic (exact) mass is 510 g/mol. The second-order valence-electron chi connectivity index (χ2n) is 8.25. The molecule has 0 aromatic heterocycles. The minimum atomic E-state index is -0.544. The largest absolute Gasteiger partial charge is 0.497 e. The van der Waals surface area contributed by atoms with Crippen molar-refractivity contribution < 1.29 is 19.1 Å². The van der Waals surface area contributed by atoms with E-state index in [1.54, 1.807) is 61.7 Å². The van der Waals surface area contributed by atoms with Gasteiger partial charge in [0, 0.05) is 27.4 Å².